The Morgan fingerprint density at radius 2 is 2.00 bits per heavy atom. The van der Waals surface area contributed by atoms with Gasteiger partial charge in [-0.15, -0.1) is 0 Å². The Bertz CT molecular complexity index is 494. The highest BCUT2D eigenvalue weighted by Crippen LogP contribution is 2.31. The fourth-order valence-corrected chi connectivity index (χ4v) is 3.95. The summed E-state index contributed by atoms with van der Waals surface area (Å²) in [7, 11) is 0. The van der Waals surface area contributed by atoms with E-state index in [1.54, 1.807) is 23.2 Å². The molecule has 2 unspecified atom stereocenters. The molecule has 0 aromatic carbocycles. The maximum atomic E-state index is 12.8. The lowest BCUT2D eigenvalue weighted by molar-refractivity contribution is -0.135. The summed E-state index contributed by atoms with van der Waals surface area (Å²) in [6, 6.07) is 1.16. The molecule has 0 bridgehead atoms. The van der Waals surface area contributed by atoms with Crippen LogP contribution in [-0.4, -0.2) is 23.9 Å². The largest absolute Gasteiger partial charge is 0.342 e. The highest BCUT2D eigenvalue weighted by atomic mass is 32.1. The average molecular weight is 292 g/mol. The third-order valence-corrected chi connectivity index (χ3v) is 5.14. The number of anilines is 1. The zero-order valence-corrected chi connectivity index (χ0v) is 12.5. The zero-order valence-electron chi connectivity index (χ0n) is 11.7. The highest BCUT2D eigenvalue weighted by Gasteiger charge is 2.42. The zero-order chi connectivity index (χ0) is 14.1. The van der Waals surface area contributed by atoms with E-state index in [9.17, 15) is 9.59 Å². The normalized spacial score (nSPS) is 28.6. The van der Waals surface area contributed by atoms with Crippen molar-refractivity contribution in [2.45, 2.75) is 51.1 Å². The van der Waals surface area contributed by atoms with Crippen LogP contribution in [0, 0.1) is 5.92 Å². The van der Waals surface area contributed by atoms with Crippen LogP contribution in [0.5, 0.6) is 0 Å². The first-order chi connectivity index (χ1) is 9.68. The molecule has 1 saturated carbocycles. The van der Waals surface area contributed by atoms with Crippen LogP contribution in [0.1, 0.15) is 39.0 Å². The molecule has 0 spiro atoms. The topological polar surface area (TPSA) is 49.4 Å². The summed E-state index contributed by atoms with van der Waals surface area (Å²) in [5.74, 6) is 0.322. The number of nitrogens with zero attached hydrogens (tertiary/aromatic N) is 1. The van der Waals surface area contributed by atoms with Gasteiger partial charge in [-0.1, -0.05) is 19.3 Å². The smallest absolute Gasteiger partial charge is 0.250 e. The molecule has 108 valence electrons. The van der Waals surface area contributed by atoms with E-state index in [0.717, 1.165) is 18.5 Å². The molecular formula is C15H20N2O2S. The van der Waals surface area contributed by atoms with Crippen molar-refractivity contribution in [1.82, 2.24) is 5.32 Å². The van der Waals surface area contributed by atoms with Gasteiger partial charge in [-0.25, -0.2) is 0 Å². The van der Waals surface area contributed by atoms with E-state index in [1.807, 2.05) is 16.8 Å². The van der Waals surface area contributed by atoms with Crippen LogP contribution >= 0.6 is 11.3 Å². The Kier molecular flexibility index (Phi) is 3.78. The molecule has 4 nitrogen and oxygen atoms in total. The lowest BCUT2D eigenvalue weighted by Gasteiger charge is -2.40. The third kappa shape index (κ3) is 2.35. The molecule has 5 heteroatoms. The van der Waals surface area contributed by atoms with Gasteiger partial charge in [-0.05, 0) is 37.1 Å². The number of amides is 2. The minimum Gasteiger partial charge on any atom is -0.342 e. The van der Waals surface area contributed by atoms with Crippen molar-refractivity contribution < 1.29 is 9.59 Å². The number of thiophene rings is 1. The molecule has 2 atom stereocenters. The molecule has 2 heterocycles. The first-order valence-corrected chi connectivity index (χ1v) is 8.28. The molecule has 1 saturated heterocycles. The quantitative estimate of drug-likeness (QED) is 0.910. The SMILES string of the molecule is CC1C(=O)NC(C2CCCCC2)C(=O)N1c1ccsc1. The molecule has 2 fully saturated rings. The van der Waals surface area contributed by atoms with Gasteiger partial charge in [0.2, 0.25) is 5.91 Å². The van der Waals surface area contributed by atoms with E-state index in [2.05, 4.69) is 5.32 Å². The van der Waals surface area contributed by atoms with Gasteiger partial charge in [0, 0.05) is 5.38 Å². The highest BCUT2D eigenvalue weighted by molar-refractivity contribution is 7.08. The van der Waals surface area contributed by atoms with Gasteiger partial charge in [-0.2, -0.15) is 11.3 Å². The van der Waals surface area contributed by atoms with Gasteiger partial charge >= 0.3 is 0 Å². The van der Waals surface area contributed by atoms with Crippen LogP contribution in [0.2, 0.25) is 0 Å². The fraction of sp³-hybridized carbons (Fsp3) is 0.600. The van der Waals surface area contributed by atoms with Gasteiger partial charge < -0.3 is 5.32 Å². The van der Waals surface area contributed by atoms with E-state index in [1.165, 1.54) is 19.3 Å². The monoisotopic (exact) mass is 292 g/mol. The average Bonchev–Trinajstić information content (AvgIpc) is 2.98. The van der Waals surface area contributed by atoms with Crippen LogP contribution in [0.25, 0.3) is 0 Å². The van der Waals surface area contributed by atoms with Crippen LogP contribution < -0.4 is 10.2 Å². The van der Waals surface area contributed by atoms with Crippen LogP contribution in [0.4, 0.5) is 5.69 Å². The Morgan fingerprint density at radius 3 is 2.65 bits per heavy atom. The molecule has 1 aliphatic heterocycles. The van der Waals surface area contributed by atoms with Crippen molar-refractivity contribution in [1.29, 1.82) is 0 Å². The van der Waals surface area contributed by atoms with Crippen LogP contribution in [0.15, 0.2) is 16.8 Å². The molecule has 1 aromatic heterocycles. The molecule has 2 aliphatic rings. The summed E-state index contributed by atoms with van der Waals surface area (Å²) in [6.07, 6.45) is 5.66. The predicted molar refractivity (Wildman–Crippen MR) is 79.8 cm³/mol. The van der Waals surface area contributed by atoms with Crippen molar-refractivity contribution in [2.24, 2.45) is 5.92 Å². The third-order valence-electron chi connectivity index (χ3n) is 4.47. The van der Waals surface area contributed by atoms with Crippen molar-refractivity contribution in [3.05, 3.63) is 16.8 Å². The maximum absolute atomic E-state index is 12.8. The van der Waals surface area contributed by atoms with Crippen LogP contribution in [0.3, 0.4) is 0 Å². The Labute approximate surface area is 123 Å². The number of carbonyl (C=O) groups excluding carboxylic acids is 2. The number of hydrogen-bond acceptors (Lipinski definition) is 3. The second-order valence-corrected chi connectivity index (χ2v) is 6.53. The van der Waals surface area contributed by atoms with E-state index in [4.69, 9.17) is 0 Å². The van der Waals surface area contributed by atoms with Crippen molar-refractivity contribution in [2.75, 3.05) is 4.90 Å². The molecule has 1 N–H and O–H groups in total. The molecule has 3 rings (SSSR count). The van der Waals surface area contributed by atoms with Gasteiger partial charge in [0.1, 0.15) is 12.1 Å². The Balaban J connectivity index is 1.86. The van der Waals surface area contributed by atoms with Crippen molar-refractivity contribution >= 4 is 28.8 Å². The van der Waals surface area contributed by atoms with E-state index in [0.29, 0.717) is 5.92 Å². The predicted octanol–water partition coefficient (Wildman–Crippen LogP) is 2.55. The first kappa shape index (κ1) is 13.6. The van der Waals surface area contributed by atoms with Gasteiger partial charge in [0.25, 0.3) is 5.91 Å². The summed E-state index contributed by atoms with van der Waals surface area (Å²) in [6.45, 7) is 1.79. The molecule has 2 amide bonds. The number of hydrogen-bond donors (Lipinski definition) is 1. The summed E-state index contributed by atoms with van der Waals surface area (Å²) in [5.41, 5.74) is 0.850. The second-order valence-electron chi connectivity index (χ2n) is 5.75. The van der Waals surface area contributed by atoms with Gasteiger partial charge in [0.05, 0.1) is 5.69 Å². The first-order valence-electron chi connectivity index (χ1n) is 7.34. The van der Waals surface area contributed by atoms with Crippen molar-refractivity contribution in [3.63, 3.8) is 0 Å². The number of rotatable bonds is 2. The minimum atomic E-state index is -0.419. The van der Waals surface area contributed by atoms with Crippen molar-refractivity contribution in [3.8, 4) is 0 Å². The molecular weight excluding hydrogens is 272 g/mol. The summed E-state index contributed by atoms with van der Waals surface area (Å²) < 4.78 is 0. The number of nitrogens with one attached hydrogen (secondary N) is 1. The summed E-state index contributed by atoms with van der Waals surface area (Å²) >= 11 is 1.55. The number of piperazine rings is 1. The minimum absolute atomic E-state index is 0.0358. The standard InChI is InChI=1S/C15H20N2O2S/c1-10-14(18)16-13(11-5-3-2-4-6-11)15(19)17(10)12-7-8-20-9-12/h7-11,13H,2-6H2,1H3,(H,16,18). The van der Waals surface area contributed by atoms with E-state index in [-0.39, 0.29) is 17.9 Å². The summed E-state index contributed by atoms with van der Waals surface area (Å²) in [5, 5.41) is 6.83. The second kappa shape index (κ2) is 5.56. The van der Waals surface area contributed by atoms with E-state index < -0.39 is 6.04 Å². The summed E-state index contributed by atoms with van der Waals surface area (Å²) in [4.78, 5) is 26.7. The molecule has 1 aliphatic carbocycles. The fourth-order valence-electron chi connectivity index (χ4n) is 3.33. The lowest BCUT2D eigenvalue weighted by atomic mass is 9.82. The lowest BCUT2D eigenvalue weighted by Crippen LogP contribution is -2.64. The Morgan fingerprint density at radius 1 is 1.25 bits per heavy atom. The maximum Gasteiger partial charge on any atom is 0.250 e. The Hall–Kier alpha value is -1.36. The number of carbonyl (C=O) groups is 2. The molecule has 0 radical (unpaired) electrons. The molecule has 20 heavy (non-hydrogen) atoms. The van der Waals surface area contributed by atoms with Gasteiger partial charge in [0.15, 0.2) is 0 Å². The van der Waals surface area contributed by atoms with Gasteiger partial charge in [-0.3, -0.25) is 14.5 Å². The van der Waals surface area contributed by atoms with Crippen LogP contribution in [-0.2, 0) is 9.59 Å². The molecule has 1 aromatic rings. The van der Waals surface area contributed by atoms with E-state index >= 15 is 0 Å².